The number of carboxylic acid groups (broad SMARTS) is 1. The molecule has 1 fully saturated rings. The summed E-state index contributed by atoms with van der Waals surface area (Å²) in [5.41, 5.74) is -0.00661. The van der Waals surface area contributed by atoms with Gasteiger partial charge in [-0.25, -0.2) is 4.79 Å². The van der Waals surface area contributed by atoms with Gasteiger partial charge in [-0.1, -0.05) is 19.8 Å². The number of hydrogen-bond donors (Lipinski definition) is 2. The van der Waals surface area contributed by atoms with Gasteiger partial charge in [-0.15, -0.1) is 11.8 Å². The fourth-order valence-electron chi connectivity index (χ4n) is 2.43. The number of thioether (sulfide) groups is 1. The summed E-state index contributed by atoms with van der Waals surface area (Å²) in [6.07, 6.45) is 3.29. The topological polar surface area (TPSA) is 78.9 Å². The molecule has 0 aliphatic carbocycles. The molecule has 2 aliphatic heterocycles. The minimum Gasteiger partial charge on any atom is -0.498 e. The third-order valence-electron chi connectivity index (χ3n) is 3.53. The highest BCUT2D eigenvalue weighted by atomic mass is 32.2. The Hall–Kier alpha value is -1.21. The Morgan fingerprint density at radius 3 is 2.90 bits per heavy atom. The zero-order chi connectivity index (χ0) is 14.7. The van der Waals surface area contributed by atoms with Crippen LogP contribution in [0.3, 0.4) is 0 Å². The molecule has 7 heteroatoms. The molecule has 6 nitrogen and oxygen atoms in total. The molecule has 1 saturated heterocycles. The maximum Gasteiger partial charge on any atom is 0.356 e. The van der Waals surface area contributed by atoms with Gasteiger partial charge in [0.1, 0.15) is 17.2 Å². The van der Waals surface area contributed by atoms with E-state index in [9.17, 15) is 14.7 Å². The van der Waals surface area contributed by atoms with Crippen LogP contribution in [0.1, 0.15) is 26.2 Å². The van der Waals surface area contributed by atoms with Gasteiger partial charge >= 0.3 is 5.97 Å². The first kappa shape index (κ1) is 15.2. The van der Waals surface area contributed by atoms with Crippen molar-refractivity contribution < 1.29 is 19.4 Å². The number of rotatable bonds is 7. The molecule has 20 heavy (non-hydrogen) atoms. The third-order valence-corrected chi connectivity index (χ3v) is 4.78. The zero-order valence-electron chi connectivity index (χ0n) is 11.7. The number of carbonyl (C=O) groups is 2. The third kappa shape index (κ3) is 2.64. The van der Waals surface area contributed by atoms with Crippen LogP contribution < -0.4 is 5.32 Å². The van der Waals surface area contributed by atoms with Crippen molar-refractivity contribution >= 4 is 23.6 Å². The summed E-state index contributed by atoms with van der Waals surface area (Å²) in [5.74, 6) is -0.438. The van der Waals surface area contributed by atoms with Crippen LogP contribution in [-0.4, -0.2) is 52.7 Å². The van der Waals surface area contributed by atoms with Crippen LogP contribution in [0.15, 0.2) is 11.5 Å². The van der Waals surface area contributed by atoms with E-state index >= 15 is 0 Å². The number of aliphatic carboxylic acids is 1. The van der Waals surface area contributed by atoms with Crippen molar-refractivity contribution in [3.8, 4) is 0 Å². The van der Waals surface area contributed by atoms with E-state index in [2.05, 4.69) is 12.2 Å². The second-order valence-corrected chi connectivity index (χ2v) is 5.93. The molecular weight excluding hydrogens is 280 g/mol. The van der Waals surface area contributed by atoms with Crippen LogP contribution in [0.2, 0.25) is 0 Å². The molecule has 1 amide bonds. The Morgan fingerprint density at radius 2 is 2.30 bits per heavy atom. The normalized spacial score (nSPS) is 25.3. The van der Waals surface area contributed by atoms with Gasteiger partial charge in [0.15, 0.2) is 5.70 Å². The predicted octanol–water partition coefficient (Wildman–Crippen LogP) is 0.992. The van der Waals surface area contributed by atoms with Crippen LogP contribution in [0, 0.1) is 0 Å². The lowest BCUT2D eigenvalue weighted by atomic mass is 10.0. The number of ether oxygens (including phenoxy) is 1. The Kier molecular flexibility index (Phi) is 4.93. The molecule has 2 heterocycles. The molecule has 112 valence electrons. The van der Waals surface area contributed by atoms with E-state index < -0.39 is 5.97 Å². The average Bonchev–Trinajstić information content (AvgIpc) is 2.45. The highest BCUT2D eigenvalue weighted by Crippen LogP contribution is 2.40. The minimum atomic E-state index is -1.11. The number of unbranched alkanes of at least 4 members (excludes halogenated alkanes) is 2. The van der Waals surface area contributed by atoms with Crippen LogP contribution in [0.25, 0.3) is 0 Å². The second-order valence-electron chi connectivity index (χ2n) is 4.83. The standard InChI is InChI=1S/C13H20N2O4S/c1-3-4-5-6-14-9-11(16)15-10(13(17)18)8(19-2)7-20-12(9)15/h9,12,14H,3-7H2,1-2H3,(H,17,18)/t9-,12+/m1/s1. The SMILES string of the molecule is CCCCCN[C@@H]1C(=O)N2C(C(=O)O)=C(OC)CS[C@@H]12. The summed E-state index contributed by atoms with van der Waals surface area (Å²) in [7, 11) is 1.43. The Morgan fingerprint density at radius 1 is 1.55 bits per heavy atom. The predicted molar refractivity (Wildman–Crippen MR) is 76.1 cm³/mol. The maximum atomic E-state index is 12.1. The number of nitrogens with one attached hydrogen (secondary N) is 1. The molecule has 0 saturated carbocycles. The smallest absolute Gasteiger partial charge is 0.356 e. The highest BCUT2D eigenvalue weighted by molar-refractivity contribution is 8.00. The van der Waals surface area contributed by atoms with Gasteiger partial charge in [-0.2, -0.15) is 0 Å². The van der Waals surface area contributed by atoms with Gasteiger partial charge in [0.05, 0.1) is 12.9 Å². The molecule has 0 radical (unpaired) electrons. The molecule has 0 bridgehead atoms. The molecule has 2 N–H and O–H groups in total. The van der Waals surface area contributed by atoms with E-state index in [1.165, 1.54) is 23.8 Å². The first-order valence-corrected chi connectivity index (χ1v) is 7.85. The first-order chi connectivity index (χ1) is 9.61. The van der Waals surface area contributed by atoms with E-state index in [1.54, 1.807) is 0 Å². The molecule has 0 spiro atoms. The average molecular weight is 300 g/mol. The van der Waals surface area contributed by atoms with Gasteiger partial charge in [-0.3, -0.25) is 9.69 Å². The van der Waals surface area contributed by atoms with E-state index in [-0.39, 0.29) is 23.0 Å². The van der Waals surface area contributed by atoms with Crippen molar-refractivity contribution in [3.63, 3.8) is 0 Å². The van der Waals surface area contributed by atoms with Crippen LogP contribution in [0.4, 0.5) is 0 Å². The van der Waals surface area contributed by atoms with E-state index in [0.29, 0.717) is 11.5 Å². The van der Waals surface area contributed by atoms with Gasteiger partial charge in [0, 0.05) is 0 Å². The Labute approximate surface area is 122 Å². The van der Waals surface area contributed by atoms with Crippen molar-refractivity contribution in [1.82, 2.24) is 10.2 Å². The molecule has 2 atom stereocenters. The number of fused-ring (bicyclic) bond motifs is 1. The lowest BCUT2D eigenvalue weighted by Crippen LogP contribution is -2.69. The Balaban J connectivity index is 2.01. The first-order valence-electron chi connectivity index (χ1n) is 6.80. The fourth-order valence-corrected chi connectivity index (χ4v) is 3.77. The molecule has 0 aromatic rings. The fraction of sp³-hybridized carbons (Fsp3) is 0.692. The summed E-state index contributed by atoms with van der Waals surface area (Å²) < 4.78 is 5.08. The van der Waals surface area contributed by atoms with Crippen LogP contribution in [-0.2, 0) is 14.3 Å². The van der Waals surface area contributed by atoms with Gasteiger partial charge in [0.2, 0.25) is 5.91 Å². The van der Waals surface area contributed by atoms with E-state index in [0.717, 1.165) is 25.8 Å². The summed E-state index contributed by atoms with van der Waals surface area (Å²) in [6, 6.07) is -0.274. The summed E-state index contributed by atoms with van der Waals surface area (Å²) in [6.45, 7) is 2.92. The number of methoxy groups -OCH3 is 1. The van der Waals surface area contributed by atoms with Gasteiger partial charge in [-0.05, 0) is 13.0 Å². The van der Waals surface area contributed by atoms with Crippen molar-refractivity contribution in [2.24, 2.45) is 0 Å². The highest BCUT2D eigenvalue weighted by Gasteiger charge is 2.53. The Bertz CT molecular complexity index is 438. The van der Waals surface area contributed by atoms with Crippen LogP contribution in [0.5, 0.6) is 0 Å². The minimum absolute atomic E-state index is 0.00661. The number of nitrogens with zero attached hydrogens (tertiary/aromatic N) is 1. The lowest BCUT2D eigenvalue weighted by Gasteiger charge is -2.49. The van der Waals surface area contributed by atoms with Gasteiger partial charge in [0.25, 0.3) is 0 Å². The van der Waals surface area contributed by atoms with Gasteiger partial charge < -0.3 is 15.2 Å². The van der Waals surface area contributed by atoms with Crippen molar-refractivity contribution in [2.75, 3.05) is 19.4 Å². The summed E-state index contributed by atoms with van der Waals surface area (Å²) >= 11 is 1.54. The van der Waals surface area contributed by atoms with Crippen molar-refractivity contribution in [2.45, 2.75) is 37.6 Å². The zero-order valence-corrected chi connectivity index (χ0v) is 12.5. The lowest BCUT2D eigenvalue weighted by molar-refractivity contribution is -0.149. The molecule has 0 unspecified atom stereocenters. The molecule has 0 aromatic heterocycles. The quantitative estimate of drug-likeness (QED) is 0.539. The number of carboxylic acids is 1. The number of carbonyl (C=O) groups excluding carboxylic acids is 1. The number of amides is 1. The largest absolute Gasteiger partial charge is 0.498 e. The van der Waals surface area contributed by atoms with E-state index in [1.807, 2.05) is 0 Å². The second kappa shape index (κ2) is 6.49. The maximum absolute atomic E-state index is 12.1. The molecule has 0 aromatic carbocycles. The summed E-state index contributed by atoms with van der Waals surface area (Å²) in [5, 5.41) is 12.3. The summed E-state index contributed by atoms with van der Waals surface area (Å²) in [4.78, 5) is 24.8. The van der Waals surface area contributed by atoms with E-state index in [4.69, 9.17) is 4.74 Å². The molecular formula is C13H20N2O4S. The molecule has 2 rings (SSSR count). The molecule has 2 aliphatic rings. The monoisotopic (exact) mass is 300 g/mol. The van der Waals surface area contributed by atoms with Crippen molar-refractivity contribution in [3.05, 3.63) is 11.5 Å². The van der Waals surface area contributed by atoms with Crippen molar-refractivity contribution in [1.29, 1.82) is 0 Å². The van der Waals surface area contributed by atoms with Crippen LogP contribution >= 0.6 is 11.8 Å². The number of hydrogen-bond acceptors (Lipinski definition) is 5. The number of β-lactam (4-membered cyclic amide) rings is 1.